The first-order chi connectivity index (χ1) is 12.5. The molecule has 26 heavy (non-hydrogen) atoms. The minimum atomic E-state index is -0.864. The highest BCUT2D eigenvalue weighted by atomic mass is 16.4. The van der Waals surface area contributed by atoms with Gasteiger partial charge < -0.3 is 15.7 Å². The van der Waals surface area contributed by atoms with Gasteiger partial charge in [0.15, 0.2) is 0 Å². The van der Waals surface area contributed by atoms with Gasteiger partial charge in [-0.05, 0) is 49.6 Å². The van der Waals surface area contributed by atoms with Crippen molar-refractivity contribution in [2.24, 2.45) is 11.8 Å². The zero-order valence-electron chi connectivity index (χ0n) is 14.1. The number of nitrogens with one attached hydrogen (secondary N) is 2. The predicted octanol–water partition coefficient (Wildman–Crippen LogP) is 1.43. The molecular formula is C18H20N4O4. The van der Waals surface area contributed by atoms with Crippen molar-refractivity contribution < 1.29 is 19.5 Å². The Morgan fingerprint density at radius 1 is 1.15 bits per heavy atom. The van der Waals surface area contributed by atoms with E-state index in [1.165, 1.54) is 0 Å². The van der Waals surface area contributed by atoms with Crippen molar-refractivity contribution in [2.45, 2.75) is 19.3 Å². The quantitative estimate of drug-likeness (QED) is 0.724. The first-order valence-electron chi connectivity index (χ1n) is 8.43. The van der Waals surface area contributed by atoms with E-state index in [1.807, 2.05) is 24.4 Å². The summed E-state index contributed by atoms with van der Waals surface area (Å²) < 4.78 is 1.71. The van der Waals surface area contributed by atoms with Crippen LogP contribution in [0.2, 0.25) is 0 Å². The number of carboxylic acids is 1. The van der Waals surface area contributed by atoms with Crippen LogP contribution in [-0.4, -0.2) is 39.2 Å². The van der Waals surface area contributed by atoms with Crippen LogP contribution in [-0.2, 0) is 14.4 Å². The van der Waals surface area contributed by atoms with Gasteiger partial charge in [-0.25, -0.2) is 4.68 Å². The molecule has 136 valence electrons. The van der Waals surface area contributed by atoms with Gasteiger partial charge in [-0.2, -0.15) is 5.10 Å². The molecule has 0 saturated heterocycles. The highest BCUT2D eigenvalue weighted by Gasteiger charge is 2.33. The van der Waals surface area contributed by atoms with Gasteiger partial charge in [0, 0.05) is 24.0 Å². The van der Waals surface area contributed by atoms with Crippen molar-refractivity contribution in [1.29, 1.82) is 0 Å². The molecule has 2 amide bonds. The van der Waals surface area contributed by atoms with E-state index in [4.69, 9.17) is 5.11 Å². The van der Waals surface area contributed by atoms with E-state index in [9.17, 15) is 14.4 Å². The van der Waals surface area contributed by atoms with Gasteiger partial charge in [-0.15, -0.1) is 0 Å². The molecule has 1 aromatic heterocycles. The SMILES string of the molecule is O=C(CNC(=O)[C@H]1CC[C@@H](C(=O)O)C1)Nc1ccc(-n2cccn2)cc1. The van der Waals surface area contributed by atoms with E-state index in [0.29, 0.717) is 24.9 Å². The monoisotopic (exact) mass is 356 g/mol. The molecule has 0 bridgehead atoms. The molecule has 0 radical (unpaired) electrons. The van der Waals surface area contributed by atoms with E-state index in [1.54, 1.807) is 23.0 Å². The Balaban J connectivity index is 1.45. The normalized spacial score (nSPS) is 19.1. The van der Waals surface area contributed by atoms with E-state index in [-0.39, 0.29) is 24.3 Å². The number of carboxylic acid groups (broad SMARTS) is 1. The summed E-state index contributed by atoms with van der Waals surface area (Å²) in [6, 6.07) is 8.98. The maximum atomic E-state index is 12.1. The summed E-state index contributed by atoms with van der Waals surface area (Å²) in [6.45, 7) is -0.145. The van der Waals surface area contributed by atoms with Crippen LogP contribution < -0.4 is 10.6 Å². The van der Waals surface area contributed by atoms with Crippen LogP contribution in [0, 0.1) is 11.8 Å². The number of amides is 2. The average molecular weight is 356 g/mol. The number of carbonyl (C=O) groups is 3. The summed E-state index contributed by atoms with van der Waals surface area (Å²) in [5.74, 6) is -2.27. The second kappa shape index (κ2) is 7.81. The average Bonchev–Trinajstić information content (AvgIpc) is 3.32. The number of hydrogen-bond acceptors (Lipinski definition) is 4. The topological polar surface area (TPSA) is 113 Å². The molecule has 1 aliphatic rings. The van der Waals surface area contributed by atoms with Crippen LogP contribution in [0.4, 0.5) is 5.69 Å². The van der Waals surface area contributed by atoms with Crippen molar-refractivity contribution in [3.63, 3.8) is 0 Å². The minimum Gasteiger partial charge on any atom is -0.481 e. The summed E-state index contributed by atoms with van der Waals surface area (Å²) in [5, 5.41) is 18.4. The van der Waals surface area contributed by atoms with E-state index >= 15 is 0 Å². The lowest BCUT2D eigenvalue weighted by Crippen LogP contribution is -2.36. The summed E-state index contributed by atoms with van der Waals surface area (Å²) in [7, 11) is 0. The standard InChI is InChI=1S/C18H20N4O4/c23-16(11-19-17(24)12-2-3-13(10-12)18(25)26)21-14-4-6-15(7-5-14)22-9-1-8-20-22/h1,4-9,12-13H,2-3,10-11H2,(H,19,24)(H,21,23)(H,25,26)/t12-,13+/m0/s1. The maximum Gasteiger partial charge on any atom is 0.306 e. The van der Waals surface area contributed by atoms with Crippen molar-refractivity contribution in [3.8, 4) is 5.69 Å². The van der Waals surface area contributed by atoms with Crippen LogP contribution in [0.1, 0.15) is 19.3 Å². The van der Waals surface area contributed by atoms with Crippen molar-refractivity contribution in [1.82, 2.24) is 15.1 Å². The predicted molar refractivity (Wildman–Crippen MR) is 93.7 cm³/mol. The lowest BCUT2D eigenvalue weighted by Gasteiger charge is -2.11. The molecule has 1 aromatic carbocycles. The third-order valence-corrected chi connectivity index (χ3v) is 4.50. The maximum absolute atomic E-state index is 12.1. The zero-order chi connectivity index (χ0) is 18.5. The third-order valence-electron chi connectivity index (χ3n) is 4.50. The Morgan fingerprint density at radius 3 is 2.50 bits per heavy atom. The highest BCUT2D eigenvalue weighted by Crippen LogP contribution is 2.31. The molecule has 0 spiro atoms. The lowest BCUT2D eigenvalue weighted by atomic mass is 10.0. The smallest absolute Gasteiger partial charge is 0.306 e. The highest BCUT2D eigenvalue weighted by molar-refractivity contribution is 5.95. The molecule has 1 aliphatic carbocycles. The minimum absolute atomic E-state index is 0.145. The molecule has 0 unspecified atom stereocenters. The largest absolute Gasteiger partial charge is 0.481 e. The number of benzene rings is 1. The van der Waals surface area contributed by atoms with Crippen LogP contribution in [0.25, 0.3) is 5.69 Å². The summed E-state index contributed by atoms with van der Waals surface area (Å²) in [6.07, 6.45) is 4.88. The zero-order valence-corrected chi connectivity index (χ0v) is 14.1. The van der Waals surface area contributed by atoms with Crippen LogP contribution in [0.15, 0.2) is 42.7 Å². The van der Waals surface area contributed by atoms with Gasteiger partial charge >= 0.3 is 5.97 Å². The number of carbonyl (C=O) groups excluding carboxylic acids is 2. The second-order valence-corrected chi connectivity index (χ2v) is 6.31. The van der Waals surface area contributed by atoms with E-state index in [2.05, 4.69) is 15.7 Å². The van der Waals surface area contributed by atoms with Crippen LogP contribution >= 0.6 is 0 Å². The van der Waals surface area contributed by atoms with Gasteiger partial charge in [0.25, 0.3) is 0 Å². The van der Waals surface area contributed by atoms with Gasteiger partial charge in [0.2, 0.25) is 11.8 Å². The molecule has 3 rings (SSSR count). The molecule has 8 nitrogen and oxygen atoms in total. The first kappa shape index (κ1) is 17.7. The molecule has 8 heteroatoms. The second-order valence-electron chi connectivity index (χ2n) is 6.31. The van der Waals surface area contributed by atoms with Gasteiger partial charge in [0.1, 0.15) is 0 Å². The van der Waals surface area contributed by atoms with Crippen molar-refractivity contribution in [3.05, 3.63) is 42.7 Å². The molecule has 1 fully saturated rings. The molecular weight excluding hydrogens is 336 g/mol. The fourth-order valence-corrected chi connectivity index (χ4v) is 3.08. The van der Waals surface area contributed by atoms with Crippen molar-refractivity contribution >= 4 is 23.5 Å². The van der Waals surface area contributed by atoms with Gasteiger partial charge in [-0.1, -0.05) is 0 Å². The number of nitrogens with zero attached hydrogens (tertiary/aromatic N) is 2. The summed E-state index contributed by atoms with van der Waals surface area (Å²) in [4.78, 5) is 35.0. The van der Waals surface area contributed by atoms with Crippen LogP contribution in [0.5, 0.6) is 0 Å². The molecule has 1 heterocycles. The summed E-state index contributed by atoms with van der Waals surface area (Å²) >= 11 is 0. The summed E-state index contributed by atoms with van der Waals surface area (Å²) in [5.41, 5.74) is 1.49. The number of hydrogen-bond donors (Lipinski definition) is 3. The number of rotatable bonds is 6. The van der Waals surface area contributed by atoms with Crippen LogP contribution in [0.3, 0.4) is 0 Å². The third kappa shape index (κ3) is 4.27. The first-order valence-corrected chi connectivity index (χ1v) is 8.43. The van der Waals surface area contributed by atoms with Gasteiger partial charge in [0.05, 0.1) is 18.2 Å². The van der Waals surface area contributed by atoms with Gasteiger partial charge in [-0.3, -0.25) is 14.4 Å². The molecule has 2 atom stereocenters. The molecule has 3 N–H and O–H groups in total. The Hall–Kier alpha value is -3.16. The number of aromatic nitrogens is 2. The molecule has 2 aromatic rings. The van der Waals surface area contributed by atoms with E-state index < -0.39 is 11.9 Å². The molecule has 0 aliphatic heterocycles. The fraction of sp³-hybridized carbons (Fsp3) is 0.333. The van der Waals surface area contributed by atoms with Crippen molar-refractivity contribution in [2.75, 3.05) is 11.9 Å². The Labute approximate surface area is 150 Å². The molecule has 1 saturated carbocycles. The Bertz CT molecular complexity index is 786. The Morgan fingerprint density at radius 2 is 1.88 bits per heavy atom. The Kier molecular flexibility index (Phi) is 5.31. The van der Waals surface area contributed by atoms with E-state index in [0.717, 1.165) is 5.69 Å². The number of anilines is 1. The number of aliphatic carboxylic acids is 1. The lowest BCUT2D eigenvalue weighted by molar-refractivity contribution is -0.141. The fourth-order valence-electron chi connectivity index (χ4n) is 3.08.